The fourth-order valence-corrected chi connectivity index (χ4v) is 2.80. The van der Waals surface area contributed by atoms with Gasteiger partial charge in [0, 0.05) is 19.4 Å². The molecule has 0 aromatic heterocycles. The van der Waals surface area contributed by atoms with E-state index in [4.69, 9.17) is 0 Å². The van der Waals surface area contributed by atoms with Crippen LogP contribution in [0.1, 0.15) is 12.8 Å². The number of alkyl halides is 1. The van der Waals surface area contributed by atoms with E-state index in [1.165, 1.54) is 4.31 Å². The maximum atomic E-state index is 11.8. The van der Waals surface area contributed by atoms with Crippen molar-refractivity contribution in [3.05, 3.63) is 22.6 Å². The fourth-order valence-electron chi connectivity index (χ4n) is 1.27. The van der Waals surface area contributed by atoms with Gasteiger partial charge in [-0.3, -0.25) is 0 Å². The molecule has 0 bridgehead atoms. The smallest absolute Gasteiger partial charge is 0.207 e. The summed E-state index contributed by atoms with van der Waals surface area (Å²) in [6, 6.07) is 0. The van der Waals surface area contributed by atoms with Crippen LogP contribution in [0.5, 0.6) is 0 Å². The number of hydrogen-bond acceptors (Lipinski definition) is 2. The summed E-state index contributed by atoms with van der Waals surface area (Å²) >= 11 is 3.32. The van der Waals surface area contributed by atoms with Crippen LogP contribution in [0.4, 0.5) is 0 Å². The summed E-state index contributed by atoms with van der Waals surface area (Å²) in [5, 5.41) is 0.708. The molecular weight excluding hydrogens is 266 g/mol. The Hall–Kier alpha value is -0.130. The molecule has 0 amide bonds. The number of halogens is 1. The van der Waals surface area contributed by atoms with Crippen molar-refractivity contribution in [1.82, 2.24) is 4.31 Å². The molecular formula is C9H14BrNO2S. The Labute approximate surface area is 93.7 Å². The zero-order valence-electron chi connectivity index (χ0n) is 8.33. The van der Waals surface area contributed by atoms with Crippen molar-refractivity contribution in [3.63, 3.8) is 0 Å². The lowest BCUT2D eigenvalue weighted by Gasteiger charge is -2.17. The highest BCUT2D eigenvalue weighted by Gasteiger charge is 2.21. The van der Waals surface area contributed by atoms with Gasteiger partial charge in [0.1, 0.15) is 0 Å². The van der Waals surface area contributed by atoms with E-state index in [9.17, 15) is 8.42 Å². The van der Waals surface area contributed by atoms with Crippen LogP contribution in [0, 0.1) is 0 Å². The summed E-state index contributed by atoms with van der Waals surface area (Å²) in [6.45, 7) is 0. The third-order valence-corrected chi connectivity index (χ3v) is 4.70. The van der Waals surface area contributed by atoms with E-state index in [0.717, 1.165) is 12.0 Å². The summed E-state index contributed by atoms with van der Waals surface area (Å²) < 4.78 is 24.8. The van der Waals surface area contributed by atoms with E-state index in [0.29, 0.717) is 16.7 Å². The van der Waals surface area contributed by atoms with Crippen LogP contribution in [0.15, 0.2) is 22.6 Å². The number of sulfonamides is 1. The highest BCUT2D eigenvalue weighted by atomic mass is 79.9. The van der Waals surface area contributed by atoms with Crippen molar-refractivity contribution >= 4 is 26.0 Å². The van der Waals surface area contributed by atoms with Crippen molar-refractivity contribution in [2.75, 3.05) is 19.4 Å². The van der Waals surface area contributed by atoms with Gasteiger partial charge in [-0.05, 0) is 24.5 Å². The van der Waals surface area contributed by atoms with Crippen LogP contribution in [0.2, 0.25) is 0 Å². The van der Waals surface area contributed by atoms with Crippen molar-refractivity contribution in [2.45, 2.75) is 12.8 Å². The highest BCUT2D eigenvalue weighted by molar-refractivity contribution is 9.09. The maximum absolute atomic E-state index is 11.8. The van der Waals surface area contributed by atoms with E-state index < -0.39 is 10.0 Å². The fraction of sp³-hybridized carbons (Fsp3) is 0.556. The quantitative estimate of drug-likeness (QED) is 0.740. The molecule has 3 nitrogen and oxygen atoms in total. The number of nitrogens with zero attached hydrogens (tertiary/aromatic N) is 1. The van der Waals surface area contributed by atoms with Gasteiger partial charge in [-0.2, -0.15) is 0 Å². The van der Waals surface area contributed by atoms with Gasteiger partial charge >= 0.3 is 0 Å². The molecule has 0 heterocycles. The first kappa shape index (κ1) is 11.9. The zero-order valence-corrected chi connectivity index (χ0v) is 10.7. The molecule has 1 aliphatic carbocycles. The monoisotopic (exact) mass is 279 g/mol. The molecule has 0 saturated heterocycles. The van der Waals surface area contributed by atoms with Crippen molar-refractivity contribution < 1.29 is 8.42 Å². The number of rotatable bonds is 3. The SMILES string of the molecule is CN(C)S(=O)(=O)C1=CC(CBr)=CCC1. The summed E-state index contributed by atoms with van der Waals surface area (Å²) in [4.78, 5) is 0.513. The Bertz CT molecular complexity index is 368. The molecule has 14 heavy (non-hydrogen) atoms. The van der Waals surface area contributed by atoms with Crippen LogP contribution < -0.4 is 0 Å². The van der Waals surface area contributed by atoms with Crippen molar-refractivity contribution in [3.8, 4) is 0 Å². The van der Waals surface area contributed by atoms with Crippen molar-refractivity contribution in [2.24, 2.45) is 0 Å². The second kappa shape index (κ2) is 4.59. The van der Waals surface area contributed by atoms with E-state index in [-0.39, 0.29) is 0 Å². The Morgan fingerprint density at radius 1 is 1.50 bits per heavy atom. The molecule has 0 aliphatic heterocycles. The molecule has 5 heteroatoms. The Balaban J connectivity index is 3.01. The molecule has 0 fully saturated rings. The van der Waals surface area contributed by atoms with Crippen LogP contribution in [0.25, 0.3) is 0 Å². The molecule has 1 rings (SSSR count). The van der Waals surface area contributed by atoms with Gasteiger partial charge in [0.15, 0.2) is 0 Å². The minimum absolute atomic E-state index is 0.513. The molecule has 0 saturated carbocycles. The van der Waals surface area contributed by atoms with Crippen molar-refractivity contribution in [1.29, 1.82) is 0 Å². The third kappa shape index (κ3) is 2.46. The molecule has 0 spiro atoms. The average Bonchev–Trinajstić information content (AvgIpc) is 2.17. The lowest BCUT2D eigenvalue weighted by Crippen LogP contribution is -2.24. The average molecular weight is 280 g/mol. The van der Waals surface area contributed by atoms with Crippen LogP contribution in [-0.4, -0.2) is 32.1 Å². The molecule has 0 aromatic rings. The molecule has 0 N–H and O–H groups in total. The number of hydrogen-bond donors (Lipinski definition) is 0. The van der Waals surface area contributed by atoms with Gasteiger partial charge in [0.05, 0.1) is 4.91 Å². The Morgan fingerprint density at radius 2 is 2.14 bits per heavy atom. The molecule has 1 aliphatic rings. The van der Waals surface area contributed by atoms with Gasteiger partial charge in [-0.25, -0.2) is 12.7 Å². The lowest BCUT2D eigenvalue weighted by atomic mass is 10.1. The minimum Gasteiger partial charge on any atom is -0.207 e. The lowest BCUT2D eigenvalue weighted by molar-refractivity contribution is 0.525. The molecule has 0 atom stereocenters. The van der Waals surface area contributed by atoms with E-state index >= 15 is 0 Å². The Kier molecular flexibility index (Phi) is 3.92. The van der Waals surface area contributed by atoms with Crippen LogP contribution in [-0.2, 0) is 10.0 Å². The maximum Gasteiger partial charge on any atom is 0.238 e. The van der Waals surface area contributed by atoms with E-state index in [1.807, 2.05) is 0 Å². The van der Waals surface area contributed by atoms with E-state index in [1.54, 1.807) is 20.2 Å². The summed E-state index contributed by atoms with van der Waals surface area (Å²) in [7, 11) is -0.0945. The topological polar surface area (TPSA) is 37.4 Å². The van der Waals surface area contributed by atoms with Gasteiger partial charge in [-0.1, -0.05) is 22.0 Å². The summed E-state index contributed by atoms with van der Waals surface area (Å²) in [5.41, 5.74) is 1.04. The molecule has 0 aromatic carbocycles. The standard InChI is InChI=1S/C9H14BrNO2S/c1-11(2)14(12,13)9-5-3-4-8(6-9)7-10/h4,6H,3,5,7H2,1-2H3. The van der Waals surface area contributed by atoms with Gasteiger partial charge in [-0.15, -0.1) is 0 Å². The second-order valence-electron chi connectivity index (χ2n) is 3.35. The summed E-state index contributed by atoms with van der Waals surface area (Å²) in [5.74, 6) is 0. The third-order valence-electron chi connectivity index (χ3n) is 2.11. The van der Waals surface area contributed by atoms with E-state index in [2.05, 4.69) is 22.0 Å². The molecule has 80 valence electrons. The van der Waals surface area contributed by atoms with Crippen LogP contribution in [0.3, 0.4) is 0 Å². The van der Waals surface area contributed by atoms with Gasteiger partial charge in [0.25, 0.3) is 0 Å². The van der Waals surface area contributed by atoms with Gasteiger partial charge in [0.2, 0.25) is 10.0 Å². The van der Waals surface area contributed by atoms with Gasteiger partial charge < -0.3 is 0 Å². The highest BCUT2D eigenvalue weighted by Crippen LogP contribution is 2.24. The predicted molar refractivity (Wildman–Crippen MR) is 61.8 cm³/mol. The Morgan fingerprint density at radius 3 is 2.64 bits per heavy atom. The second-order valence-corrected chi connectivity index (χ2v) is 6.11. The first-order chi connectivity index (χ1) is 6.48. The zero-order chi connectivity index (χ0) is 10.8. The first-order valence-corrected chi connectivity index (χ1v) is 6.92. The number of allylic oxidation sites excluding steroid dienone is 4. The largest absolute Gasteiger partial charge is 0.238 e. The molecule has 0 radical (unpaired) electrons. The van der Waals surface area contributed by atoms with Crippen LogP contribution >= 0.6 is 15.9 Å². The summed E-state index contributed by atoms with van der Waals surface area (Å²) in [6.07, 6.45) is 5.23. The first-order valence-electron chi connectivity index (χ1n) is 4.36. The minimum atomic E-state index is -3.21. The molecule has 0 unspecified atom stereocenters. The predicted octanol–water partition coefficient (Wildman–Crippen LogP) is 1.88. The normalized spacial score (nSPS) is 18.0.